The van der Waals surface area contributed by atoms with Crippen molar-refractivity contribution in [3.63, 3.8) is 0 Å². The zero-order valence-electron chi connectivity index (χ0n) is 18.0. The summed E-state index contributed by atoms with van der Waals surface area (Å²) in [6.07, 6.45) is 3.86. The topological polar surface area (TPSA) is 99.2 Å². The number of carbonyl (C=O) groups excluding carboxylic acids is 1. The predicted octanol–water partition coefficient (Wildman–Crippen LogP) is 4.81. The van der Waals surface area contributed by atoms with E-state index in [-0.39, 0.29) is 11.5 Å². The van der Waals surface area contributed by atoms with E-state index in [4.69, 9.17) is 22.1 Å². The molecule has 168 valence electrons. The Hall–Kier alpha value is -3.84. The maximum Gasteiger partial charge on any atom is 0.265 e. The molecule has 33 heavy (non-hydrogen) atoms. The third-order valence-corrected chi connectivity index (χ3v) is 5.49. The maximum atomic E-state index is 13.0. The quantitative estimate of drug-likeness (QED) is 0.410. The van der Waals surface area contributed by atoms with Crippen LogP contribution in [0.2, 0.25) is 5.02 Å². The summed E-state index contributed by atoms with van der Waals surface area (Å²) in [5.41, 5.74) is 6.82. The zero-order valence-corrected chi connectivity index (χ0v) is 18.8. The van der Waals surface area contributed by atoms with E-state index in [1.165, 1.54) is 10.6 Å². The number of anilines is 2. The molecule has 0 spiro atoms. The van der Waals surface area contributed by atoms with Gasteiger partial charge in [0, 0.05) is 29.5 Å². The summed E-state index contributed by atoms with van der Waals surface area (Å²) >= 11 is 6.40. The minimum atomic E-state index is -0.708. The minimum absolute atomic E-state index is 0.196. The number of pyridine rings is 2. The Balaban J connectivity index is 1.53. The molecule has 0 fully saturated rings. The van der Waals surface area contributed by atoms with Gasteiger partial charge in [0.1, 0.15) is 11.6 Å². The van der Waals surface area contributed by atoms with Gasteiger partial charge < -0.3 is 15.8 Å². The van der Waals surface area contributed by atoms with E-state index in [2.05, 4.69) is 10.3 Å². The van der Waals surface area contributed by atoms with E-state index in [9.17, 15) is 9.59 Å². The molecule has 2 aromatic heterocycles. The molecule has 0 saturated heterocycles. The molecule has 0 saturated carbocycles. The van der Waals surface area contributed by atoms with Crippen LogP contribution in [0.15, 0.2) is 77.9 Å². The molecular formula is C25H23ClN4O3. The molecule has 0 aliphatic carbocycles. The van der Waals surface area contributed by atoms with Crippen LogP contribution in [0.25, 0.3) is 16.5 Å². The van der Waals surface area contributed by atoms with Gasteiger partial charge >= 0.3 is 0 Å². The number of nitrogen functional groups attached to an aromatic ring is 1. The van der Waals surface area contributed by atoms with Crippen LogP contribution in [0, 0.1) is 0 Å². The number of amides is 1. The Morgan fingerprint density at radius 1 is 1.18 bits per heavy atom. The summed E-state index contributed by atoms with van der Waals surface area (Å²) in [5.74, 6) is 0.645. The number of hydrogen-bond donors (Lipinski definition) is 2. The molecule has 8 heteroatoms. The Kier molecular flexibility index (Phi) is 6.60. The Morgan fingerprint density at radius 2 is 2.03 bits per heavy atom. The lowest BCUT2D eigenvalue weighted by molar-refractivity contribution is -0.123. The first-order valence-corrected chi connectivity index (χ1v) is 10.9. The number of aromatic nitrogens is 2. The Labute approximate surface area is 195 Å². The number of hydrogen-bond acceptors (Lipinski definition) is 5. The van der Waals surface area contributed by atoms with Crippen LogP contribution < -0.4 is 21.3 Å². The van der Waals surface area contributed by atoms with E-state index in [0.717, 1.165) is 17.2 Å². The lowest BCUT2D eigenvalue weighted by atomic mass is 10.1. The van der Waals surface area contributed by atoms with E-state index >= 15 is 0 Å². The van der Waals surface area contributed by atoms with Crippen LogP contribution in [-0.2, 0) is 4.79 Å². The summed E-state index contributed by atoms with van der Waals surface area (Å²) in [7, 11) is 0. The van der Waals surface area contributed by atoms with Crippen molar-refractivity contribution in [2.45, 2.75) is 25.9 Å². The molecular weight excluding hydrogens is 440 g/mol. The third kappa shape index (κ3) is 4.99. The molecule has 7 nitrogen and oxygen atoms in total. The van der Waals surface area contributed by atoms with Gasteiger partial charge in [0.05, 0.1) is 10.7 Å². The summed E-state index contributed by atoms with van der Waals surface area (Å²) < 4.78 is 7.46. The van der Waals surface area contributed by atoms with Gasteiger partial charge in [-0.3, -0.25) is 14.2 Å². The van der Waals surface area contributed by atoms with E-state index < -0.39 is 6.10 Å². The van der Waals surface area contributed by atoms with Crippen LogP contribution in [-0.4, -0.2) is 21.6 Å². The van der Waals surface area contributed by atoms with Gasteiger partial charge in [-0.15, -0.1) is 0 Å². The Morgan fingerprint density at radius 3 is 2.79 bits per heavy atom. The molecule has 1 amide bonds. The predicted molar refractivity (Wildman–Crippen MR) is 131 cm³/mol. The molecule has 0 aliphatic rings. The van der Waals surface area contributed by atoms with Gasteiger partial charge in [0.2, 0.25) is 0 Å². The number of carbonyl (C=O) groups is 1. The average molecular weight is 463 g/mol. The molecule has 0 bridgehead atoms. The van der Waals surface area contributed by atoms with Crippen molar-refractivity contribution < 1.29 is 9.53 Å². The highest BCUT2D eigenvalue weighted by Gasteiger charge is 2.20. The number of nitrogens with two attached hydrogens (primary N) is 1. The van der Waals surface area contributed by atoms with E-state index in [0.29, 0.717) is 34.4 Å². The van der Waals surface area contributed by atoms with Crippen molar-refractivity contribution in [1.82, 2.24) is 9.55 Å². The van der Waals surface area contributed by atoms with E-state index in [1.807, 2.05) is 19.1 Å². The average Bonchev–Trinajstić information content (AvgIpc) is 2.80. The van der Waals surface area contributed by atoms with Gasteiger partial charge in [-0.25, -0.2) is 4.98 Å². The highest BCUT2D eigenvalue weighted by atomic mass is 35.5. The van der Waals surface area contributed by atoms with Gasteiger partial charge in [0.25, 0.3) is 11.5 Å². The van der Waals surface area contributed by atoms with Crippen LogP contribution in [0.5, 0.6) is 5.75 Å². The van der Waals surface area contributed by atoms with Crippen molar-refractivity contribution in [3.05, 3.63) is 88.4 Å². The van der Waals surface area contributed by atoms with E-state index in [1.54, 1.807) is 54.9 Å². The molecule has 3 N–H and O–H groups in total. The maximum absolute atomic E-state index is 13.0. The number of benzene rings is 2. The largest absolute Gasteiger partial charge is 0.481 e. The second kappa shape index (κ2) is 9.75. The lowest BCUT2D eigenvalue weighted by Crippen LogP contribution is -2.33. The van der Waals surface area contributed by atoms with Crippen LogP contribution in [0.1, 0.15) is 19.8 Å². The fourth-order valence-corrected chi connectivity index (χ4v) is 3.81. The van der Waals surface area contributed by atoms with Crippen LogP contribution in [0.3, 0.4) is 0 Å². The SMILES string of the molecule is CCCC(Oc1ccc2ccnc(N)c2c1)C(=O)Nc1ccc(-n2ccccc2=O)c(Cl)c1. The standard InChI is InChI=1S/C25H23ClN4O3/c1-2-5-22(33-18-9-7-16-11-12-28-24(27)19(16)15-18)25(32)29-17-8-10-21(20(26)14-17)30-13-4-3-6-23(30)31/h3-4,6-15,22H,2,5H2,1H3,(H2,27,28)(H,29,32). The van der Waals surface area contributed by atoms with Gasteiger partial charge in [0.15, 0.2) is 6.10 Å². The third-order valence-electron chi connectivity index (χ3n) is 5.19. The summed E-state index contributed by atoms with van der Waals surface area (Å²) in [6, 6.07) is 17.2. The van der Waals surface area contributed by atoms with Crippen molar-refractivity contribution in [1.29, 1.82) is 0 Å². The first kappa shape index (κ1) is 22.4. The fourth-order valence-electron chi connectivity index (χ4n) is 3.54. The fraction of sp³-hybridized carbons (Fsp3) is 0.160. The second-order valence-electron chi connectivity index (χ2n) is 7.54. The van der Waals surface area contributed by atoms with Crippen LogP contribution >= 0.6 is 11.6 Å². The molecule has 2 heterocycles. The molecule has 1 atom stereocenters. The second-order valence-corrected chi connectivity index (χ2v) is 7.95. The summed E-state index contributed by atoms with van der Waals surface area (Å²) in [5, 5.41) is 4.91. The van der Waals surface area contributed by atoms with Gasteiger partial charge in [-0.2, -0.15) is 0 Å². The molecule has 4 rings (SSSR count). The summed E-state index contributed by atoms with van der Waals surface area (Å²) in [6.45, 7) is 1.98. The van der Waals surface area contributed by atoms with Crippen molar-refractivity contribution >= 4 is 39.8 Å². The molecule has 0 radical (unpaired) electrons. The highest BCUT2D eigenvalue weighted by Crippen LogP contribution is 2.27. The Bertz CT molecular complexity index is 1370. The van der Waals surface area contributed by atoms with Gasteiger partial charge in [-0.1, -0.05) is 37.1 Å². The number of nitrogens with one attached hydrogen (secondary N) is 1. The minimum Gasteiger partial charge on any atom is -0.481 e. The first-order chi connectivity index (χ1) is 16.0. The molecule has 1 unspecified atom stereocenters. The molecule has 0 aliphatic heterocycles. The van der Waals surface area contributed by atoms with Crippen molar-refractivity contribution in [2.75, 3.05) is 11.1 Å². The number of halogens is 1. The zero-order chi connectivity index (χ0) is 23.4. The highest BCUT2D eigenvalue weighted by molar-refractivity contribution is 6.32. The number of rotatable bonds is 7. The summed E-state index contributed by atoms with van der Waals surface area (Å²) in [4.78, 5) is 29.2. The number of ether oxygens (including phenoxy) is 1. The molecule has 4 aromatic rings. The number of fused-ring (bicyclic) bond motifs is 1. The lowest BCUT2D eigenvalue weighted by Gasteiger charge is -2.19. The van der Waals surface area contributed by atoms with Gasteiger partial charge in [-0.05, 0) is 54.3 Å². The van der Waals surface area contributed by atoms with Crippen LogP contribution in [0.4, 0.5) is 11.5 Å². The van der Waals surface area contributed by atoms with Crippen molar-refractivity contribution in [3.8, 4) is 11.4 Å². The normalized spacial score (nSPS) is 11.8. The number of nitrogens with zero attached hydrogens (tertiary/aromatic N) is 2. The van der Waals surface area contributed by atoms with Crippen molar-refractivity contribution in [2.24, 2.45) is 0 Å². The molecule has 2 aromatic carbocycles. The monoisotopic (exact) mass is 462 g/mol. The smallest absolute Gasteiger partial charge is 0.265 e. The first-order valence-electron chi connectivity index (χ1n) is 10.6.